The minimum Gasteiger partial charge on any atom is -0.322 e. The minimum absolute atomic E-state index is 0.0112. The van der Waals surface area contributed by atoms with Crippen molar-refractivity contribution in [1.29, 1.82) is 0 Å². The van der Waals surface area contributed by atoms with Gasteiger partial charge in [0.05, 0.1) is 12.1 Å². The summed E-state index contributed by atoms with van der Waals surface area (Å²) in [5.74, 6) is -0.509. The van der Waals surface area contributed by atoms with E-state index in [-0.39, 0.29) is 17.7 Å². The zero-order valence-corrected chi connectivity index (χ0v) is 14.6. The van der Waals surface area contributed by atoms with Gasteiger partial charge in [-0.1, -0.05) is 48.5 Å². The quantitative estimate of drug-likeness (QED) is 0.783. The maximum atomic E-state index is 14.3. The van der Waals surface area contributed by atoms with Gasteiger partial charge in [0.1, 0.15) is 5.82 Å². The number of hydrogen-bond donors (Lipinski definition) is 1. The van der Waals surface area contributed by atoms with Gasteiger partial charge in [-0.25, -0.2) is 9.18 Å². The fourth-order valence-electron chi connectivity index (χ4n) is 3.01. The van der Waals surface area contributed by atoms with Gasteiger partial charge in [0.15, 0.2) is 0 Å². The fourth-order valence-corrected chi connectivity index (χ4v) is 3.01. The second-order valence-corrected chi connectivity index (χ2v) is 6.21. The summed E-state index contributed by atoms with van der Waals surface area (Å²) in [6.45, 7) is 1.64. The average Bonchev–Trinajstić information content (AvgIpc) is 2.65. The summed E-state index contributed by atoms with van der Waals surface area (Å²) in [5, 5.41) is 0. The van der Waals surface area contributed by atoms with Gasteiger partial charge in [0, 0.05) is 24.3 Å². The summed E-state index contributed by atoms with van der Waals surface area (Å²) in [4.78, 5) is 25.6. The van der Waals surface area contributed by atoms with E-state index in [2.05, 4.69) is 0 Å². The third-order valence-electron chi connectivity index (χ3n) is 4.59. The van der Waals surface area contributed by atoms with Crippen molar-refractivity contribution in [3.05, 3.63) is 92.5 Å². The van der Waals surface area contributed by atoms with Gasteiger partial charge in [0.25, 0.3) is 5.56 Å². The Morgan fingerprint density at radius 1 is 1.04 bits per heavy atom. The molecule has 26 heavy (non-hydrogen) atoms. The Hall–Kier alpha value is -2.99. The van der Waals surface area contributed by atoms with E-state index in [9.17, 15) is 14.0 Å². The molecule has 1 heterocycles. The molecule has 0 radical (unpaired) electrons. The normalized spacial score (nSPS) is 12.2. The Balaban J connectivity index is 2.17. The van der Waals surface area contributed by atoms with Gasteiger partial charge in [-0.2, -0.15) is 0 Å². The van der Waals surface area contributed by atoms with Gasteiger partial charge in [-0.15, -0.1) is 0 Å². The number of benzene rings is 2. The van der Waals surface area contributed by atoms with Gasteiger partial charge < -0.3 is 10.3 Å². The van der Waals surface area contributed by atoms with E-state index >= 15 is 0 Å². The highest BCUT2D eigenvalue weighted by molar-refractivity contribution is 5.65. The van der Waals surface area contributed by atoms with Crippen LogP contribution in [0.4, 0.5) is 4.39 Å². The molecule has 0 saturated carbocycles. The summed E-state index contributed by atoms with van der Waals surface area (Å²) in [7, 11) is 1.56. The molecule has 3 rings (SSSR count). The molecule has 0 aliphatic heterocycles. The molecule has 3 aromatic rings. The standard InChI is InChI=1S/C20H20FN3O2/c1-13-18(15-10-6-7-11-16(15)21)19(25)24(20(26)23(13)2)12-17(22)14-8-4-3-5-9-14/h3-11,17H,12,22H2,1-2H3/t17-/m0/s1. The van der Waals surface area contributed by atoms with Crippen molar-refractivity contribution in [3.63, 3.8) is 0 Å². The SMILES string of the molecule is Cc1c(-c2ccccc2F)c(=O)n(C[C@H](N)c2ccccc2)c(=O)n1C. The van der Waals surface area contributed by atoms with Crippen molar-refractivity contribution in [2.24, 2.45) is 12.8 Å². The van der Waals surface area contributed by atoms with Crippen LogP contribution < -0.4 is 17.0 Å². The van der Waals surface area contributed by atoms with Gasteiger partial charge in [-0.05, 0) is 18.6 Å². The van der Waals surface area contributed by atoms with Crippen LogP contribution in [0.3, 0.4) is 0 Å². The first-order chi connectivity index (χ1) is 12.4. The summed E-state index contributed by atoms with van der Waals surface area (Å²) >= 11 is 0. The van der Waals surface area contributed by atoms with Crippen molar-refractivity contribution in [1.82, 2.24) is 9.13 Å². The highest BCUT2D eigenvalue weighted by Crippen LogP contribution is 2.22. The molecule has 0 aliphatic rings. The Morgan fingerprint density at radius 2 is 1.65 bits per heavy atom. The van der Waals surface area contributed by atoms with Crippen LogP contribution in [0.25, 0.3) is 11.1 Å². The van der Waals surface area contributed by atoms with Crippen LogP contribution >= 0.6 is 0 Å². The number of rotatable bonds is 4. The van der Waals surface area contributed by atoms with Gasteiger partial charge in [-0.3, -0.25) is 9.36 Å². The van der Waals surface area contributed by atoms with Crippen LogP contribution in [0.1, 0.15) is 17.3 Å². The zero-order chi connectivity index (χ0) is 18.8. The second-order valence-electron chi connectivity index (χ2n) is 6.21. The fraction of sp³-hybridized carbons (Fsp3) is 0.200. The second kappa shape index (κ2) is 7.09. The van der Waals surface area contributed by atoms with Crippen molar-refractivity contribution in [2.75, 3.05) is 0 Å². The third-order valence-corrected chi connectivity index (χ3v) is 4.59. The number of hydrogen-bond acceptors (Lipinski definition) is 3. The van der Waals surface area contributed by atoms with E-state index in [0.29, 0.717) is 5.69 Å². The van der Waals surface area contributed by atoms with Crippen LogP contribution in [-0.2, 0) is 13.6 Å². The molecule has 0 amide bonds. The van der Waals surface area contributed by atoms with E-state index < -0.39 is 23.1 Å². The number of halogens is 1. The predicted octanol–water partition coefficient (Wildman–Crippen LogP) is 2.36. The van der Waals surface area contributed by atoms with Crippen molar-refractivity contribution < 1.29 is 4.39 Å². The number of nitrogens with two attached hydrogens (primary N) is 1. The molecule has 0 aliphatic carbocycles. The van der Waals surface area contributed by atoms with E-state index in [1.807, 2.05) is 30.3 Å². The first kappa shape index (κ1) is 17.8. The van der Waals surface area contributed by atoms with Crippen LogP contribution in [0.5, 0.6) is 0 Å². The lowest BCUT2D eigenvalue weighted by molar-refractivity contribution is 0.516. The molecule has 0 saturated heterocycles. The maximum Gasteiger partial charge on any atom is 0.331 e. The molecular formula is C20H20FN3O2. The Bertz CT molecular complexity index is 1050. The smallest absolute Gasteiger partial charge is 0.322 e. The molecule has 0 spiro atoms. The molecule has 1 aromatic heterocycles. The van der Waals surface area contributed by atoms with Gasteiger partial charge >= 0.3 is 5.69 Å². The topological polar surface area (TPSA) is 70.0 Å². The lowest BCUT2D eigenvalue weighted by Gasteiger charge is -2.18. The highest BCUT2D eigenvalue weighted by atomic mass is 19.1. The molecule has 0 fully saturated rings. The minimum atomic E-state index is -0.540. The van der Waals surface area contributed by atoms with E-state index in [4.69, 9.17) is 5.73 Å². The lowest BCUT2D eigenvalue weighted by Crippen LogP contribution is -2.43. The average molecular weight is 353 g/mol. The summed E-state index contributed by atoms with van der Waals surface area (Å²) in [6, 6.07) is 14.7. The van der Waals surface area contributed by atoms with Crippen LogP contribution in [0.2, 0.25) is 0 Å². The van der Waals surface area contributed by atoms with Crippen LogP contribution in [0.15, 0.2) is 64.2 Å². The van der Waals surface area contributed by atoms with Crippen molar-refractivity contribution in [2.45, 2.75) is 19.5 Å². The monoisotopic (exact) mass is 353 g/mol. The largest absolute Gasteiger partial charge is 0.331 e. The number of aromatic nitrogens is 2. The molecule has 6 heteroatoms. The van der Waals surface area contributed by atoms with Crippen LogP contribution in [-0.4, -0.2) is 9.13 Å². The Kier molecular flexibility index (Phi) is 4.86. The van der Waals surface area contributed by atoms with Crippen LogP contribution in [0, 0.1) is 12.7 Å². The number of nitrogens with zero attached hydrogens (tertiary/aromatic N) is 2. The highest BCUT2D eigenvalue weighted by Gasteiger charge is 2.20. The lowest BCUT2D eigenvalue weighted by atomic mass is 10.0. The van der Waals surface area contributed by atoms with Crippen molar-refractivity contribution in [3.8, 4) is 11.1 Å². The van der Waals surface area contributed by atoms with Crippen molar-refractivity contribution >= 4 is 0 Å². The first-order valence-electron chi connectivity index (χ1n) is 8.27. The van der Waals surface area contributed by atoms with E-state index in [0.717, 1.165) is 10.1 Å². The third kappa shape index (κ3) is 3.11. The molecule has 0 bridgehead atoms. The zero-order valence-electron chi connectivity index (χ0n) is 14.6. The predicted molar refractivity (Wildman–Crippen MR) is 99.4 cm³/mol. The molecule has 2 N–H and O–H groups in total. The van der Waals surface area contributed by atoms with E-state index in [1.54, 1.807) is 26.1 Å². The van der Waals surface area contributed by atoms with E-state index in [1.165, 1.54) is 16.7 Å². The first-order valence-corrected chi connectivity index (χ1v) is 8.27. The maximum absolute atomic E-state index is 14.3. The Labute approximate surface area is 150 Å². The summed E-state index contributed by atoms with van der Waals surface area (Å²) < 4.78 is 16.7. The molecular weight excluding hydrogens is 333 g/mol. The summed E-state index contributed by atoms with van der Waals surface area (Å²) in [5.41, 5.74) is 6.75. The molecule has 5 nitrogen and oxygen atoms in total. The molecule has 2 aromatic carbocycles. The molecule has 1 atom stereocenters. The Morgan fingerprint density at radius 3 is 2.31 bits per heavy atom. The van der Waals surface area contributed by atoms with Gasteiger partial charge in [0.2, 0.25) is 0 Å². The molecule has 0 unspecified atom stereocenters. The summed E-state index contributed by atoms with van der Waals surface area (Å²) in [6.07, 6.45) is 0. The molecule has 134 valence electrons.